The summed E-state index contributed by atoms with van der Waals surface area (Å²) in [6.07, 6.45) is 5.06. The largest absolute Gasteiger partial charge is 1.00 e. The molecule has 8 rings (SSSR count). The minimum absolute atomic E-state index is 0. The van der Waals surface area contributed by atoms with Crippen LogP contribution in [-0.2, 0) is 22.9 Å². The zero-order valence-electron chi connectivity index (χ0n) is 22.6. The van der Waals surface area contributed by atoms with Gasteiger partial charge in [0, 0.05) is 0 Å². The summed E-state index contributed by atoms with van der Waals surface area (Å²) in [6, 6.07) is 35.3. The predicted octanol–water partition coefficient (Wildman–Crippen LogP) is 3.56. The van der Waals surface area contributed by atoms with Crippen LogP contribution in [0.15, 0.2) is 118 Å². The van der Waals surface area contributed by atoms with E-state index in [1.807, 2.05) is 13.8 Å². The van der Waals surface area contributed by atoms with E-state index in [1.54, 1.807) is 0 Å². The topological polar surface area (TPSA) is 26.3 Å². The van der Waals surface area contributed by atoms with Gasteiger partial charge in [0.1, 0.15) is 0 Å². The van der Waals surface area contributed by atoms with Crippen molar-refractivity contribution >= 4 is 32.7 Å². The summed E-state index contributed by atoms with van der Waals surface area (Å²) in [5.74, 6) is 3.88. The first-order valence-electron chi connectivity index (χ1n) is 13.5. The Morgan fingerprint density at radius 1 is 0.512 bits per heavy atom. The molecule has 2 atom stereocenters. The zero-order chi connectivity index (χ0) is 26.1. The van der Waals surface area contributed by atoms with Crippen molar-refractivity contribution in [2.75, 3.05) is 0 Å². The van der Waals surface area contributed by atoms with Crippen molar-refractivity contribution in [1.82, 2.24) is 0 Å². The summed E-state index contributed by atoms with van der Waals surface area (Å²) >= 11 is -1.35. The minimum atomic E-state index is -1.35. The van der Waals surface area contributed by atoms with Crippen molar-refractivity contribution in [2.45, 2.75) is 21.2 Å². The SMILES string of the molecule is Cc1ccc(C2=C[CH]([Hf+2][CH]3C=C(c4ccc(C)o4)c4c3ccc3ccccc43)c3ccc4ccccc4c32)o1.[Cl-].[Cl-]. The average molecular weight is 740 g/mol. The van der Waals surface area contributed by atoms with Crippen LogP contribution in [-0.4, -0.2) is 0 Å². The van der Waals surface area contributed by atoms with Gasteiger partial charge in [0.15, 0.2) is 0 Å². The van der Waals surface area contributed by atoms with E-state index in [0.717, 1.165) is 23.0 Å². The Morgan fingerprint density at radius 3 is 1.37 bits per heavy atom. The van der Waals surface area contributed by atoms with Gasteiger partial charge < -0.3 is 24.8 Å². The van der Waals surface area contributed by atoms with E-state index in [-0.39, 0.29) is 24.8 Å². The van der Waals surface area contributed by atoms with E-state index in [1.165, 1.54) is 54.9 Å². The molecule has 0 bridgehead atoms. The Hall–Kier alpha value is -3.11. The van der Waals surface area contributed by atoms with Crippen LogP contribution >= 0.6 is 0 Å². The van der Waals surface area contributed by atoms with Crippen molar-refractivity contribution in [2.24, 2.45) is 0 Å². The monoisotopic (exact) mass is 740 g/mol. The second kappa shape index (κ2) is 10.9. The summed E-state index contributed by atoms with van der Waals surface area (Å²) in [5, 5.41) is 5.21. The van der Waals surface area contributed by atoms with Crippen molar-refractivity contribution in [3.63, 3.8) is 0 Å². The molecule has 0 spiro atoms. The Bertz CT molecular complexity index is 1850. The van der Waals surface area contributed by atoms with Gasteiger partial charge in [-0.3, -0.25) is 0 Å². The molecule has 0 fully saturated rings. The van der Waals surface area contributed by atoms with Gasteiger partial charge in [-0.15, -0.1) is 0 Å². The van der Waals surface area contributed by atoms with Crippen LogP contribution in [0.5, 0.6) is 0 Å². The summed E-state index contributed by atoms with van der Waals surface area (Å²) in [5.41, 5.74) is 8.19. The smallest absolute Gasteiger partial charge is 1.00 e. The molecule has 6 aromatic rings. The van der Waals surface area contributed by atoms with Crippen molar-refractivity contribution in [3.8, 4) is 0 Å². The van der Waals surface area contributed by atoms with E-state index in [2.05, 4.69) is 109 Å². The van der Waals surface area contributed by atoms with Gasteiger partial charge in [-0.05, 0) is 0 Å². The molecule has 0 saturated carbocycles. The van der Waals surface area contributed by atoms with Crippen LogP contribution in [0.25, 0.3) is 32.7 Å². The molecule has 2 unspecified atom stereocenters. The van der Waals surface area contributed by atoms with Crippen molar-refractivity contribution in [3.05, 3.63) is 155 Å². The summed E-state index contributed by atoms with van der Waals surface area (Å²) in [6.45, 7) is 4.06. The standard InChI is InChI=1S/2C18H13O.2ClH.Hf/c2*1-12-6-11-17(19-12)16-10-9-14-8-7-13-4-2-3-5-15(13)18(14)16;;;/h2*2-11H,1H3;2*1H;/q;;;;+2/p-2. The molecule has 2 nitrogen and oxygen atoms in total. The van der Waals surface area contributed by atoms with Gasteiger partial charge in [-0.1, -0.05) is 0 Å². The maximum Gasteiger partial charge on any atom is -1.00 e. The second-order valence-corrected chi connectivity index (χ2v) is 16.3. The molecule has 0 amide bonds. The Labute approximate surface area is 263 Å². The summed E-state index contributed by atoms with van der Waals surface area (Å²) < 4.78 is 13.4. The summed E-state index contributed by atoms with van der Waals surface area (Å²) in [7, 11) is 0. The number of furan rings is 2. The third-order valence-corrected chi connectivity index (χ3v) is 14.2. The van der Waals surface area contributed by atoms with Crippen molar-refractivity contribution < 1.29 is 56.6 Å². The van der Waals surface area contributed by atoms with Gasteiger partial charge in [0.2, 0.25) is 0 Å². The first-order chi connectivity index (χ1) is 19.1. The minimum Gasteiger partial charge on any atom is -1.00 e. The first kappa shape index (κ1) is 28.0. The molecule has 2 aromatic heterocycles. The molecule has 5 heteroatoms. The van der Waals surface area contributed by atoms with Gasteiger partial charge in [0.25, 0.3) is 0 Å². The molecule has 0 radical (unpaired) electrons. The number of benzene rings is 4. The number of fused-ring (bicyclic) bond motifs is 6. The molecule has 0 saturated heterocycles. The number of halogens is 2. The molecule has 4 aromatic carbocycles. The van der Waals surface area contributed by atoms with Crippen molar-refractivity contribution in [1.29, 1.82) is 0 Å². The fourth-order valence-corrected chi connectivity index (χ4v) is 12.7. The quantitative estimate of drug-likeness (QED) is 0.259. The number of hydrogen-bond donors (Lipinski definition) is 0. The molecule has 200 valence electrons. The fraction of sp³-hybridized carbons (Fsp3) is 0.111. The van der Waals surface area contributed by atoms with E-state index in [0.29, 0.717) is 7.35 Å². The molecule has 0 aliphatic heterocycles. The predicted molar refractivity (Wildman–Crippen MR) is 154 cm³/mol. The van der Waals surface area contributed by atoms with Crippen LogP contribution in [0.2, 0.25) is 0 Å². The van der Waals surface area contributed by atoms with Gasteiger partial charge >= 0.3 is 240 Å². The van der Waals surface area contributed by atoms with Crippen LogP contribution < -0.4 is 24.8 Å². The molecule has 2 aliphatic carbocycles. The molecule has 0 N–H and O–H groups in total. The molecular weight excluding hydrogens is 714 g/mol. The number of rotatable bonds is 4. The zero-order valence-corrected chi connectivity index (χ0v) is 27.7. The first-order valence-corrected chi connectivity index (χ1v) is 17.7. The molecule has 41 heavy (non-hydrogen) atoms. The Morgan fingerprint density at radius 2 is 0.951 bits per heavy atom. The average Bonchev–Trinajstić information content (AvgIpc) is 3.74. The normalized spacial score (nSPS) is 16.8. The van der Waals surface area contributed by atoms with Crippen LogP contribution in [0.3, 0.4) is 0 Å². The van der Waals surface area contributed by atoms with E-state index >= 15 is 0 Å². The molecule has 2 aliphatic rings. The van der Waals surface area contributed by atoms with E-state index in [4.69, 9.17) is 8.83 Å². The van der Waals surface area contributed by atoms with Crippen LogP contribution in [0, 0.1) is 13.8 Å². The van der Waals surface area contributed by atoms with E-state index in [9.17, 15) is 0 Å². The molecular formula is C36H26Cl2HfO2. The van der Waals surface area contributed by atoms with Gasteiger partial charge in [-0.25, -0.2) is 0 Å². The number of hydrogen-bond acceptors (Lipinski definition) is 2. The molecule has 2 heterocycles. The second-order valence-electron chi connectivity index (χ2n) is 10.6. The third kappa shape index (κ3) is 4.59. The summed E-state index contributed by atoms with van der Waals surface area (Å²) in [4.78, 5) is 0. The van der Waals surface area contributed by atoms with Gasteiger partial charge in [0.05, 0.1) is 0 Å². The van der Waals surface area contributed by atoms with E-state index < -0.39 is 22.9 Å². The number of aryl methyl sites for hydroxylation is 2. The third-order valence-electron chi connectivity index (χ3n) is 8.17. The number of allylic oxidation sites excluding steroid dienone is 2. The Balaban J connectivity index is 0.00000151. The fourth-order valence-electron chi connectivity index (χ4n) is 6.41. The maximum atomic E-state index is 6.20. The maximum absolute atomic E-state index is 6.20. The van der Waals surface area contributed by atoms with Crippen LogP contribution in [0.4, 0.5) is 0 Å². The Kier molecular flexibility index (Phi) is 7.48. The van der Waals surface area contributed by atoms with Gasteiger partial charge in [-0.2, -0.15) is 0 Å². The van der Waals surface area contributed by atoms with Crippen LogP contribution in [0.1, 0.15) is 52.6 Å².